The van der Waals surface area contributed by atoms with Crippen molar-refractivity contribution in [2.24, 2.45) is 5.84 Å². The molecule has 2 rings (SSSR count). The number of hydrogen-bond donors (Lipinski definition) is 2. The van der Waals surface area contributed by atoms with Crippen molar-refractivity contribution in [2.75, 3.05) is 0 Å². The lowest BCUT2D eigenvalue weighted by molar-refractivity contribution is 0.516. The second kappa shape index (κ2) is 7.40. The van der Waals surface area contributed by atoms with Gasteiger partial charge in [-0.1, -0.05) is 24.6 Å². The number of benzene rings is 1. The minimum atomic E-state index is 0.00214. The van der Waals surface area contributed by atoms with Gasteiger partial charge in [0.25, 0.3) is 0 Å². The first-order chi connectivity index (χ1) is 10.1. The quantitative estimate of drug-likeness (QED) is 0.602. The molecule has 0 spiro atoms. The van der Waals surface area contributed by atoms with E-state index in [0.717, 1.165) is 35.1 Å². The molecule has 1 aromatic carbocycles. The number of hydrazine groups is 1. The molecule has 0 saturated carbocycles. The molecule has 1 unspecified atom stereocenters. The van der Waals surface area contributed by atoms with Gasteiger partial charge in [0.15, 0.2) is 0 Å². The van der Waals surface area contributed by atoms with E-state index in [1.165, 1.54) is 5.69 Å². The van der Waals surface area contributed by atoms with Crippen LogP contribution < -0.4 is 11.3 Å². The summed E-state index contributed by atoms with van der Waals surface area (Å²) in [4.78, 5) is 0. The van der Waals surface area contributed by atoms with Gasteiger partial charge in [-0.15, -0.1) is 0 Å². The average molecular weight is 372 g/mol. The third-order valence-electron chi connectivity index (χ3n) is 3.54. The summed E-state index contributed by atoms with van der Waals surface area (Å²) in [6.07, 6.45) is 1.71. The van der Waals surface area contributed by atoms with Crippen molar-refractivity contribution >= 4 is 27.5 Å². The summed E-state index contributed by atoms with van der Waals surface area (Å²) in [5.74, 6) is 5.74. The lowest BCUT2D eigenvalue weighted by Crippen LogP contribution is -2.30. The Morgan fingerprint density at radius 3 is 2.71 bits per heavy atom. The maximum atomic E-state index is 6.17. The van der Waals surface area contributed by atoms with Crippen LogP contribution in [-0.4, -0.2) is 9.78 Å². The first kappa shape index (κ1) is 16.5. The van der Waals surface area contributed by atoms with Crippen molar-refractivity contribution in [3.63, 3.8) is 0 Å². The Morgan fingerprint density at radius 1 is 1.38 bits per heavy atom. The van der Waals surface area contributed by atoms with Crippen LogP contribution in [0.2, 0.25) is 5.02 Å². The fraction of sp³-hybridized carbons (Fsp3) is 0.400. The van der Waals surface area contributed by atoms with Gasteiger partial charge in [0.2, 0.25) is 0 Å². The standard InChI is InChI=1S/C15H20BrClN4/c1-3-11-8-12(21(4-2)20-11)9-15(19-18)10-5-6-13(16)14(17)7-10/h5-8,15,19H,3-4,9,18H2,1-2H3. The Hall–Kier alpha value is -0.880. The molecule has 1 aromatic heterocycles. The van der Waals surface area contributed by atoms with E-state index < -0.39 is 0 Å². The molecule has 1 heterocycles. The van der Waals surface area contributed by atoms with Crippen LogP contribution in [-0.2, 0) is 19.4 Å². The molecule has 3 N–H and O–H groups in total. The lowest BCUT2D eigenvalue weighted by Gasteiger charge is -2.17. The van der Waals surface area contributed by atoms with Gasteiger partial charge in [-0.25, -0.2) is 0 Å². The minimum absolute atomic E-state index is 0.00214. The maximum absolute atomic E-state index is 6.17. The Bertz CT molecular complexity index is 612. The second-order valence-electron chi connectivity index (χ2n) is 4.89. The summed E-state index contributed by atoms with van der Waals surface area (Å²) in [7, 11) is 0. The lowest BCUT2D eigenvalue weighted by atomic mass is 10.0. The molecule has 114 valence electrons. The summed E-state index contributed by atoms with van der Waals surface area (Å²) in [6.45, 7) is 5.06. The highest BCUT2D eigenvalue weighted by molar-refractivity contribution is 9.10. The first-order valence-corrected chi connectivity index (χ1v) is 8.22. The first-order valence-electron chi connectivity index (χ1n) is 7.05. The molecule has 0 aliphatic carbocycles. The highest BCUT2D eigenvalue weighted by Crippen LogP contribution is 2.27. The topological polar surface area (TPSA) is 55.9 Å². The number of aromatic nitrogens is 2. The molecule has 0 aliphatic heterocycles. The third-order valence-corrected chi connectivity index (χ3v) is 4.77. The van der Waals surface area contributed by atoms with E-state index >= 15 is 0 Å². The van der Waals surface area contributed by atoms with Crippen molar-refractivity contribution in [1.82, 2.24) is 15.2 Å². The fourth-order valence-corrected chi connectivity index (χ4v) is 2.77. The SMILES string of the molecule is CCc1cc(CC(NN)c2ccc(Br)c(Cl)c2)n(CC)n1. The molecule has 6 heteroatoms. The van der Waals surface area contributed by atoms with Gasteiger partial charge in [0, 0.05) is 23.1 Å². The van der Waals surface area contributed by atoms with E-state index in [4.69, 9.17) is 17.4 Å². The molecule has 0 radical (unpaired) electrons. The molecule has 0 saturated heterocycles. The van der Waals surface area contributed by atoms with Crippen molar-refractivity contribution in [1.29, 1.82) is 0 Å². The highest BCUT2D eigenvalue weighted by atomic mass is 79.9. The van der Waals surface area contributed by atoms with Gasteiger partial charge in [0.05, 0.1) is 16.8 Å². The van der Waals surface area contributed by atoms with Crippen LogP contribution in [0.1, 0.15) is 36.8 Å². The van der Waals surface area contributed by atoms with E-state index in [2.05, 4.69) is 46.4 Å². The number of nitrogens with two attached hydrogens (primary N) is 1. The summed E-state index contributed by atoms with van der Waals surface area (Å²) in [5, 5.41) is 5.26. The van der Waals surface area contributed by atoms with Crippen molar-refractivity contribution in [3.8, 4) is 0 Å². The number of rotatable bonds is 6. The molecule has 4 nitrogen and oxygen atoms in total. The number of nitrogens with one attached hydrogen (secondary N) is 1. The van der Waals surface area contributed by atoms with E-state index in [0.29, 0.717) is 5.02 Å². The maximum Gasteiger partial charge on any atom is 0.0624 e. The Balaban J connectivity index is 2.26. The summed E-state index contributed by atoms with van der Waals surface area (Å²) >= 11 is 9.57. The number of aryl methyl sites for hydroxylation is 2. The number of nitrogens with zero attached hydrogens (tertiary/aromatic N) is 2. The largest absolute Gasteiger partial charge is 0.271 e. The summed E-state index contributed by atoms with van der Waals surface area (Å²) in [6, 6.07) is 8.05. The van der Waals surface area contributed by atoms with Crippen LogP contribution in [0.25, 0.3) is 0 Å². The molecular weight excluding hydrogens is 352 g/mol. The van der Waals surface area contributed by atoms with Crippen LogP contribution >= 0.6 is 27.5 Å². The highest BCUT2D eigenvalue weighted by Gasteiger charge is 2.15. The zero-order valence-electron chi connectivity index (χ0n) is 12.2. The molecule has 0 amide bonds. The van der Waals surface area contributed by atoms with Crippen LogP contribution in [0, 0.1) is 0 Å². The van der Waals surface area contributed by atoms with Crippen molar-refractivity contribution in [2.45, 2.75) is 39.3 Å². The molecular formula is C15H20BrClN4. The normalized spacial score (nSPS) is 12.6. The molecule has 1 atom stereocenters. The number of halogens is 2. The second-order valence-corrected chi connectivity index (χ2v) is 6.15. The third kappa shape index (κ3) is 3.86. The zero-order chi connectivity index (χ0) is 15.4. The average Bonchev–Trinajstić information content (AvgIpc) is 2.90. The van der Waals surface area contributed by atoms with Crippen LogP contribution in [0.5, 0.6) is 0 Å². The fourth-order valence-electron chi connectivity index (χ4n) is 2.34. The van der Waals surface area contributed by atoms with Crippen molar-refractivity contribution in [3.05, 3.63) is 50.7 Å². The monoisotopic (exact) mass is 370 g/mol. The number of hydrogen-bond acceptors (Lipinski definition) is 3. The molecule has 2 aromatic rings. The van der Waals surface area contributed by atoms with Crippen LogP contribution in [0.4, 0.5) is 0 Å². The van der Waals surface area contributed by atoms with Crippen molar-refractivity contribution < 1.29 is 0 Å². The molecule has 0 aliphatic rings. The molecule has 21 heavy (non-hydrogen) atoms. The van der Waals surface area contributed by atoms with Gasteiger partial charge in [-0.2, -0.15) is 5.10 Å². The predicted octanol–water partition coefficient (Wildman–Crippen LogP) is 3.63. The Kier molecular flexibility index (Phi) is 5.81. The van der Waals surface area contributed by atoms with Crippen LogP contribution in [0.3, 0.4) is 0 Å². The zero-order valence-corrected chi connectivity index (χ0v) is 14.6. The summed E-state index contributed by atoms with van der Waals surface area (Å²) < 4.78 is 2.92. The van der Waals surface area contributed by atoms with Gasteiger partial charge < -0.3 is 0 Å². The Labute approximate surface area is 138 Å². The molecule has 0 bridgehead atoms. The van der Waals surface area contributed by atoms with Crippen LogP contribution in [0.15, 0.2) is 28.7 Å². The van der Waals surface area contributed by atoms with E-state index in [-0.39, 0.29) is 6.04 Å². The van der Waals surface area contributed by atoms with E-state index in [9.17, 15) is 0 Å². The van der Waals surface area contributed by atoms with E-state index in [1.54, 1.807) is 0 Å². The van der Waals surface area contributed by atoms with Gasteiger partial charge in [-0.05, 0) is 53.0 Å². The predicted molar refractivity (Wildman–Crippen MR) is 90.2 cm³/mol. The Morgan fingerprint density at radius 2 is 2.14 bits per heavy atom. The summed E-state index contributed by atoms with van der Waals surface area (Å²) in [5.41, 5.74) is 6.22. The smallest absolute Gasteiger partial charge is 0.0624 e. The molecule has 0 fully saturated rings. The van der Waals surface area contributed by atoms with Gasteiger partial charge in [-0.3, -0.25) is 16.0 Å². The minimum Gasteiger partial charge on any atom is -0.271 e. The van der Waals surface area contributed by atoms with Gasteiger partial charge in [0.1, 0.15) is 0 Å². The van der Waals surface area contributed by atoms with E-state index in [1.807, 2.05) is 22.9 Å². The van der Waals surface area contributed by atoms with Gasteiger partial charge >= 0.3 is 0 Å².